The van der Waals surface area contributed by atoms with E-state index < -0.39 is 5.97 Å². The number of hydrogen-bond acceptors (Lipinski definition) is 14. The first-order chi connectivity index (χ1) is 23.6. The van der Waals surface area contributed by atoms with Crippen LogP contribution < -0.4 is 10.1 Å². The first kappa shape index (κ1) is 43.3. The summed E-state index contributed by atoms with van der Waals surface area (Å²) in [5.41, 5.74) is 0.728. The van der Waals surface area contributed by atoms with Crippen molar-refractivity contribution in [3.8, 4) is 5.75 Å². The second kappa shape index (κ2) is 34.2. The minimum Gasteiger partial charge on any atom is -0.491 e. The fourth-order valence-electron chi connectivity index (χ4n) is 3.40. The third-order valence-corrected chi connectivity index (χ3v) is 5.66. The Kier molecular flexibility index (Phi) is 30.8. The van der Waals surface area contributed by atoms with Gasteiger partial charge in [0.25, 0.3) is 0 Å². The van der Waals surface area contributed by atoms with Crippen molar-refractivity contribution in [1.29, 1.82) is 0 Å². The van der Waals surface area contributed by atoms with Gasteiger partial charge in [-0.1, -0.05) is 6.58 Å². The Balaban J connectivity index is 1.66. The van der Waals surface area contributed by atoms with E-state index in [0.717, 1.165) is 11.8 Å². The standard InChI is InChI=1S/C33H55NO14/c1-3-33(36)48-29-27-46-25-23-44-21-19-42-17-15-40-13-11-38-9-8-37-10-12-39-14-16-41-18-20-43-22-24-45-26-28-47-32-6-4-31(5-7-32)34-30(2)35/h3-7H,1,8-29H2,2H3,(H,34,35). The van der Waals surface area contributed by atoms with Gasteiger partial charge < -0.3 is 62.2 Å². The zero-order valence-corrected chi connectivity index (χ0v) is 28.4. The average Bonchev–Trinajstić information content (AvgIpc) is 3.08. The molecule has 0 radical (unpaired) electrons. The van der Waals surface area contributed by atoms with Crippen LogP contribution >= 0.6 is 0 Å². The van der Waals surface area contributed by atoms with Crippen LogP contribution in [0.2, 0.25) is 0 Å². The molecule has 0 unspecified atom stereocenters. The van der Waals surface area contributed by atoms with E-state index in [1.165, 1.54) is 6.92 Å². The van der Waals surface area contributed by atoms with Crippen LogP contribution in [0.3, 0.4) is 0 Å². The lowest BCUT2D eigenvalue weighted by atomic mass is 10.3. The molecule has 1 N–H and O–H groups in total. The van der Waals surface area contributed by atoms with Crippen molar-refractivity contribution in [2.75, 3.05) is 151 Å². The van der Waals surface area contributed by atoms with Crippen molar-refractivity contribution in [3.63, 3.8) is 0 Å². The highest BCUT2D eigenvalue weighted by molar-refractivity contribution is 5.88. The molecule has 0 aliphatic carbocycles. The van der Waals surface area contributed by atoms with Gasteiger partial charge in [0.2, 0.25) is 5.91 Å². The molecule has 0 heterocycles. The van der Waals surface area contributed by atoms with Crippen molar-refractivity contribution in [1.82, 2.24) is 0 Å². The molecule has 0 aliphatic heterocycles. The first-order valence-corrected chi connectivity index (χ1v) is 16.2. The van der Waals surface area contributed by atoms with E-state index in [-0.39, 0.29) is 12.5 Å². The monoisotopic (exact) mass is 689 g/mol. The molecular weight excluding hydrogens is 634 g/mol. The van der Waals surface area contributed by atoms with Gasteiger partial charge >= 0.3 is 5.97 Å². The number of amides is 1. The first-order valence-electron chi connectivity index (χ1n) is 16.2. The van der Waals surface area contributed by atoms with Crippen LogP contribution in [0.5, 0.6) is 5.75 Å². The van der Waals surface area contributed by atoms with E-state index >= 15 is 0 Å². The Morgan fingerprint density at radius 3 is 1.08 bits per heavy atom. The molecule has 0 atom stereocenters. The van der Waals surface area contributed by atoms with Gasteiger partial charge in [-0.25, -0.2) is 4.79 Å². The van der Waals surface area contributed by atoms with Crippen LogP contribution in [0.25, 0.3) is 0 Å². The summed E-state index contributed by atoms with van der Waals surface area (Å²) in [6.45, 7) is 14.7. The van der Waals surface area contributed by atoms with Crippen molar-refractivity contribution < 1.29 is 66.4 Å². The number of anilines is 1. The van der Waals surface area contributed by atoms with E-state index in [2.05, 4.69) is 11.9 Å². The summed E-state index contributed by atoms with van der Waals surface area (Å²) in [6.07, 6.45) is 1.11. The van der Waals surface area contributed by atoms with Crippen molar-refractivity contribution in [3.05, 3.63) is 36.9 Å². The number of carbonyl (C=O) groups excluding carboxylic acids is 2. The van der Waals surface area contributed by atoms with Crippen LogP contribution in [0.15, 0.2) is 36.9 Å². The second-order valence-electron chi connectivity index (χ2n) is 9.55. The van der Waals surface area contributed by atoms with E-state index in [0.29, 0.717) is 144 Å². The minimum atomic E-state index is -0.463. The van der Waals surface area contributed by atoms with Crippen LogP contribution in [-0.2, 0) is 61.7 Å². The smallest absolute Gasteiger partial charge is 0.330 e. The third-order valence-electron chi connectivity index (χ3n) is 5.66. The summed E-state index contributed by atoms with van der Waals surface area (Å²) in [5, 5.41) is 2.71. The molecule has 276 valence electrons. The molecule has 48 heavy (non-hydrogen) atoms. The zero-order chi connectivity index (χ0) is 34.6. The maximum atomic E-state index is 11.0. The largest absolute Gasteiger partial charge is 0.491 e. The van der Waals surface area contributed by atoms with Crippen molar-refractivity contribution >= 4 is 17.6 Å². The zero-order valence-electron chi connectivity index (χ0n) is 28.4. The average molecular weight is 690 g/mol. The number of hydrogen-bond donors (Lipinski definition) is 1. The summed E-state index contributed by atoms with van der Waals surface area (Å²) in [4.78, 5) is 21.9. The van der Waals surface area contributed by atoms with Crippen molar-refractivity contribution in [2.45, 2.75) is 6.92 Å². The highest BCUT2D eigenvalue weighted by Gasteiger charge is 1.99. The van der Waals surface area contributed by atoms with Gasteiger partial charge in [0, 0.05) is 18.7 Å². The Labute approximate surface area is 284 Å². The van der Waals surface area contributed by atoms with Gasteiger partial charge in [-0.2, -0.15) is 0 Å². The molecule has 0 aliphatic rings. The molecule has 0 saturated heterocycles. The number of rotatable bonds is 36. The molecule has 1 aromatic rings. The molecule has 1 aromatic carbocycles. The summed E-state index contributed by atoms with van der Waals surface area (Å²) in [7, 11) is 0. The quantitative estimate of drug-likeness (QED) is 0.0619. The SMILES string of the molecule is C=CC(=O)OCCOCCOCCOCCOCCOCCOCCOCCOCCOCCOCCOc1ccc(NC(C)=O)cc1. The van der Waals surface area contributed by atoms with Crippen LogP contribution in [0.1, 0.15) is 6.92 Å². The molecule has 0 aromatic heterocycles. The molecule has 0 spiro atoms. The molecule has 0 bridgehead atoms. The lowest BCUT2D eigenvalue weighted by Gasteiger charge is -2.09. The minimum absolute atomic E-state index is 0.112. The number of ether oxygens (including phenoxy) is 12. The van der Waals surface area contributed by atoms with E-state index in [1.807, 2.05) is 0 Å². The molecule has 0 saturated carbocycles. The predicted octanol–water partition coefficient (Wildman–Crippen LogP) is 1.92. The number of esters is 1. The van der Waals surface area contributed by atoms with Gasteiger partial charge in [0.15, 0.2) is 0 Å². The maximum Gasteiger partial charge on any atom is 0.330 e. The fourth-order valence-corrected chi connectivity index (χ4v) is 3.40. The maximum absolute atomic E-state index is 11.0. The molecule has 15 heteroatoms. The topological polar surface area (TPSA) is 157 Å². The fraction of sp³-hybridized carbons (Fsp3) is 0.697. The van der Waals surface area contributed by atoms with E-state index in [4.69, 9.17) is 56.8 Å². The van der Waals surface area contributed by atoms with Gasteiger partial charge in [0.1, 0.15) is 19.0 Å². The Morgan fingerprint density at radius 1 is 0.500 bits per heavy atom. The molecule has 15 nitrogen and oxygen atoms in total. The summed E-state index contributed by atoms with van der Waals surface area (Å²) in [5.74, 6) is 0.138. The molecule has 0 fully saturated rings. The Bertz CT molecular complexity index is 890. The van der Waals surface area contributed by atoms with Crippen LogP contribution in [0.4, 0.5) is 5.69 Å². The normalized spacial score (nSPS) is 11.0. The Hall–Kier alpha value is -2.70. The van der Waals surface area contributed by atoms with Crippen molar-refractivity contribution in [2.24, 2.45) is 0 Å². The molecule has 1 rings (SSSR count). The highest BCUT2D eigenvalue weighted by atomic mass is 16.6. The number of benzene rings is 1. The third kappa shape index (κ3) is 30.6. The van der Waals surface area contributed by atoms with Gasteiger partial charge in [-0.05, 0) is 24.3 Å². The van der Waals surface area contributed by atoms with E-state index in [9.17, 15) is 9.59 Å². The molecular formula is C33H55NO14. The Morgan fingerprint density at radius 2 is 0.792 bits per heavy atom. The van der Waals surface area contributed by atoms with Crippen LogP contribution in [0, 0.1) is 0 Å². The number of carbonyl (C=O) groups is 2. The lowest BCUT2D eigenvalue weighted by molar-refractivity contribution is -0.139. The lowest BCUT2D eigenvalue weighted by Crippen LogP contribution is -2.15. The second-order valence-corrected chi connectivity index (χ2v) is 9.55. The predicted molar refractivity (Wildman–Crippen MR) is 176 cm³/mol. The van der Waals surface area contributed by atoms with Gasteiger partial charge in [-0.3, -0.25) is 4.79 Å². The summed E-state index contributed by atoms with van der Waals surface area (Å²) < 4.78 is 64.7. The number of nitrogens with one attached hydrogen (secondary N) is 1. The van der Waals surface area contributed by atoms with E-state index in [1.54, 1.807) is 24.3 Å². The highest BCUT2D eigenvalue weighted by Crippen LogP contribution is 2.15. The summed E-state index contributed by atoms with van der Waals surface area (Å²) >= 11 is 0. The molecule has 1 amide bonds. The van der Waals surface area contributed by atoms with Crippen LogP contribution in [-0.4, -0.2) is 157 Å². The summed E-state index contributed by atoms with van der Waals surface area (Å²) in [6, 6.07) is 7.16. The van der Waals surface area contributed by atoms with Gasteiger partial charge in [-0.15, -0.1) is 0 Å². The van der Waals surface area contributed by atoms with Gasteiger partial charge in [0.05, 0.1) is 132 Å².